The summed E-state index contributed by atoms with van der Waals surface area (Å²) in [7, 11) is 0. The molecule has 0 fully saturated rings. The minimum Gasteiger partial charge on any atom is -0.467 e. The minimum absolute atomic E-state index is 0.377. The molecule has 0 spiro atoms. The van der Waals surface area contributed by atoms with Gasteiger partial charge in [0.05, 0.1) is 12.8 Å². The maximum atomic E-state index is 9.96. The summed E-state index contributed by atoms with van der Waals surface area (Å²) in [5, 5.41) is 16.3. The highest BCUT2D eigenvalue weighted by atomic mass is 16.4. The first-order valence-electron chi connectivity index (χ1n) is 7.44. The van der Waals surface area contributed by atoms with Gasteiger partial charge in [0.25, 0.3) is 0 Å². The van der Waals surface area contributed by atoms with Crippen LogP contribution < -0.4 is 10.6 Å². The van der Waals surface area contributed by atoms with Crippen molar-refractivity contribution in [1.82, 2.24) is 10.6 Å². The van der Waals surface area contributed by atoms with E-state index < -0.39 is 6.10 Å². The summed E-state index contributed by atoms with van der Waals surface area (Å²) in [4.78, 5) is 4.56. The fourth-order valence-corrected chi connectivity index (χ4v) is 1.88. The van der Waals surface area contributed by atoms with Crippen LogP contribution in [-0.4, -0.2) is 30.7 Å². The molecule has 0 amide bonds. The Morgan fingerprint density at radius 3 is 2.60 bits per heavy atom. The van der Waals surface area contributed by atoms with Crippen molar-refractivity contribution in [2.45, 2.75) is 39.7 Å². The number of aliphatic hydroxyl groups is 1. The SMILES string of the molecule is CCNC(=NCC(CC)CC)NCC(O)c1ccco1. The molecule has 114 valence electrons. The van der Waals surface area contributed by atoms with Gasteiger partial charge in [0.15, 0.2) is 5.96 Å². The van der Waals surface area contributed by atoms with Crippen molar-refractivity contribution in [3.05, 3.63) is 24.2 Å². The van der Waals surface area contributed by atoms with Crippen LogP contribution in [0.5, 0.6) is 0 Å². The molecule has 0 saturated heterocycles. The zero-order chi connectivity index (χ0) is 14.8. The number of hydrogen-bond acceptors (Lipinski definition) is 3. The van der Waals surface area contributed by atoms with E-state index >= 15 is 0 Å². The maximum Gasteiger partial charge on any atom is 0.191 e. The lowest BCUT2D eigenvalue weighted by Gasteiger charge is -2.15. The van der Waals surface area contributed by atoms with E-state index in [1.807, 2.05) is 6.92 Å². The second-order valence-electron chi connectivity index (χ2n) is 4.81. The molecule has 1 aromatic heterocycles. The molecule has 1 rings (SSSR count). The summed E-state index contributed by atoms with van der Waals surface area (Å²) in [6.07, 6.45) is 3.16. The van der Waals surface area contributed by atoms with Crippen LogP contribution in [0.15, 0.2) is 27.8 Å². The van der Waals surface area contributed by atoms with E-state index in [1.165, 1.54) is 0 Å². The smallest absolute Gasteiger partial charge is 0.191 e. The van der Waals surface area contributed by atoms with E-state index in [9.17, 15) is 5.11 Å². The van der Waals surface area contributed by atoms with Gasteiger partial charge in [-0.15, -0.1) is 0 Å². The quantitative estimate of drug-likeness (QED) is 0.505. The highest BCUT2D eigenvalue weighted by Gasteiger charge is 2.11. The normalized spacial score (nSPS) is 13.6. The molecule has 0 aliphatic heterocycles. The molecule has 0 aliphatic rings. The molecule has 20 heavy (non-hydrogen) atoms. The van der Waals surface area contributed by atoms with E-state index in [-0.39, 0.29) is 0 Å². The molecule has 1 unspecified atom stereocenters. The van der Waals surface area contributed by atoms with E-state index in [2.05, 4.69) is 29.5 Å². The van der Waals surface area contributed by atoms with Gasteiger partial charge in [-0.25, -0.2) is 0 Å². The molecule has 1 heterocycles. The molecule has 0 saturated carbocycles. The topological polar surface area (TPSA) is 69.8 Å². The van der Waals surface area contributed by atoms with Crippen LogP contribution in [0, 0.1) is 5.92 Å². The Bertz CT molecular complexity index is 372. The minimum atomic E-state index is -0.665. The van der Waals surface area contributed by atoms with Crippen LogP contribution in [0.4, 0.5) is 0 Å². The van der Waals surface area contributed by atoms with Crippen LogP contribution >= 0.6 is 0 Å². The van der Waals surface area contributed by atoms with Gasteiger partial charge in [-0.1, -0.05) is 26.7 Å². The first-order valence-corrected chi connectivity index (χ1v) is 7.44. The van der Waals surface area contributed by atoms with Crippen LogP contribution in [0.2, 0.25) is 0 Å². The van der Waals surface area contributed by atoms with E-state index in [0.717, 1.165) is 31.9 Å². The van der Waals surface area contributed by atoms with E-state index in [4.69, 9.17) is 4.42 Å². The molecule has 0 bridgehead atoms. The van der Waals surface area contributed by atoms with Crippen LogP contribution in [0.3, 0.4) is 0 Å². The second kappa shape index (κ2) is 9.42. The molecule has 0 aromatic carbocycles. The van der Waals surface area contributed by atoms with Gasteiger partial charge in [0.1, 0.15) is 11.9 Å². The average molecular weight is 281 g/mol. The largest absolute Gasteiger partial charge is 0.467 e. The van der Waals surface area contributed by atoms with Crippen molar-refractivity contribution in [3.8, 4) is 0 Å². The van der Waals surface area contributed by atoms with Crippen LogP contribution in [-0.2, 0) is 0 Å². The molecule has 0 radical (unpaired) electrons. The third-order valence-corrected chi connectivity index (χ3v) is 3.34. The zero-order valence-electron chi connectivity index (χ0n) is 12.7. The van der Waals surface area contributed by atoms with Crippen molar-refractivity contribution in [1.29, 1.82) is 0 Å². The fraction of sp³-hybridized carbons (Fsp3) is 0.667. The van der Waals surface area contributed by atoms with Gasteiger partial charge in [-0.05, 0) is 25.0 Å². The summed E-state index contributed by atoms with van der Waals surface area (Å²) >= 11 is 0. The van der Waals surface area contributed by atoms with Crippen LogP contribution in [0.25, 0.3) is 0 Å². The highest BCUT2D eigenvalue weighted by Crippen LogP contribution is 2.11. The van der Waals surface area contributed by atoms with E-state index in [1.54, 1.807) is 18.4 Å². The van der Waals surface area contributed by atoms with Gasteiger partial charge in [0, 0.05) is 13.1 Å². The predicted molar refractivity (Wildman–Crippen MR) is 81.7 cm³/mol. The second-order valence-corrected chi connectivity index (χ2v) is 4.81. The van der Waals surface area contributed by atoms with Gasteiger partial charge in [0.2, 0.25) is 0 Å². The summed E-state index contributed by atoms with van der Waals surface area (Å²) in [6, 6.07) is 3.53. The number of aliphatic hydroxyl groups excluding tert-OH is 1. The van der Waals surface area contributed by atoms with Crippen LogP contribution in [0.1, 0.15) is 45.5 Å². The number of rotatable bonds is 8. The molecular weight excluding hydrogens is 254 g/mol. The number of hydrogen-bond donors (Lipinski definition) is 3. The lowest BCUT2D eigenvalue weighted by molar-refractivity contribution is 0.153. The molecule has 3 N–H and O–H groups in total. The Hall–Kier alpha value is -1.49. The van der Waals surface area contributed by atoms with Gasteiger partial charge < -0.3 is 20.2 Å². The molecule has 5 nitrogen and oxygen atoms in total. The standard InChI is InChI=1S/C15H27N3O2/c1-4-12(5-2)10-17-15(16-6-3)18-11-13(19)14-8-7-9-20-14/h7-9,12-13,19H,4-6,10-11H2,1-3H3,(H2,16,17,18). The van der Waals surface area contributed by atoms with Gasteiger partial charge in [-0.2, -0.15) is 0 Å². The number of furan rings is 1. The maximum absolute atomic E-state index is 9.96. The Balaban J connectivity index is 2.47. The third kappa shape index (κ3) is 5.65. The number of aliphatic imine (C=N–C) groups is 1. The molecule has 1 aromatic rings. The van der Waals surface area contributed by atoms with Crippen molar-refractivity contribution in [3.63, 3.8) is 0 Å². The lowest BCUT2D eigenvalue weighted by atomic mass is 10.0. The Kier molecular flexibility index (Phi) is 7.80. The Morgan fingerprint density at radius 1 is 1.30 bits per heavy atom. The molecule has 0 aliphatic carbocycles. The highest BCUT2D eigenvalue weighted by molar-refractivity contribution is 5.79. The zero-order valence-corrected chi connectivity index (χ0v) is 12.7. The molecule has 1 atom stereocenters. The monoisotopic (exact) mass is 281 g/mol. The predicted octanol–water partition coefficient (Wildman–Crippen LogP) is 2.30. The van der Waals surface area contributed by atoms with Gasteiger partial charge in [-0.3, -0.25) is 4.99 Å². The van der Waals surface area contributed by atoms with Crippen molar-refractivity contribution < 1.29 is 9.52 Å². The van der Waals surface area contributed by atoms with Crippen molar-refractivity contribution >= 4 is 5.96 Å². The summed E-state index contributed by atoms with van der Waals surface area (Å²) < 4.78 is 5.17. The first-order chi connectivity index (χ1) is 9.71. The Labute approximate surface area is 121 Å². The fourth-order valence-electron chi connectivity index (χ4n) is 1.88. The third-order valence-electron chi connectivity index (χ3n) is 3.34. The average Bonchev–Trinajstić information content (AvgIpc) is 2.99. The number of nitrogens with one attached hydrogen (secondary N) is 2. The number of nitrogens with zero attached hydrogens (tertiary/aromatic N) is 1. The first kappa shape index (κ1) is 16.6. The number of guanidine groups is 1. The van der Waals surface area contributed by atoms with Crippen molar-refractivity contribution in [2.24, 2.45) is 10.9 Å². The van der Waals surface area contributed by atoms with Gasteiger partial charge >= 0.3 is 0 Å². The van der Waals surface area contributed by atoms with Crippen molar-refractivity contribution in [2.75, 3.05) is 19.6 Å². The summed E-state index contributed by atoms with van der Waals surface area (Å²) in [5.41, 5.74) is 0. The van der Waals surface area contributed by atoms with E-state index in [0.29, 0.717) is 18.2 Å². The lowest BCUT2D eigenvalue weighted by Crippen LogP contribution is -2.39. The summed E-state index contributed by atoms with van der Waals surface area (Å²) in [5.74, 6) is 1.92. The summed E-state index contributed by atoms with van der Waals surface area (Å²) in [6.45, 7) is 8.37. The Morgan fingerprint density at radius 2 is 2.05 bits per heavy atom. The molecule has 5 heteroatoms. The molecular formula is C15H27N3O2.